The maximum Gasteiger partial charge on any atom is 0.326 e. The van der Waals surface area contributed by atoms with Gasteiger partial charge >= 0.3 is 17.9 Å². The molecule has 0 bridgehead atoms. The van der Waals surface area contributed by atoms with Crippen LogP contribution in [0.5, 0.6) is 0 Å². The molecule has 19 N–H and O–H groups in total. The van der Waals surface area contributed by atoms with E-state index >= 15 is 0 Å². The van der Waals surface area contributed by atoms with Gasteiger partial charge in [0.25, 0.3) is 0 Å². The average molecular weight is 826 g/mol. The van der Waals surface area contributed by atoms with Gasteiger partial charge in [0.1, 0.15) is 30.2 Å². The summed E-state index contributed by atoms with van der Waals surface area (Å²) in [6.45, 7) is 0.741. The molecule has 0 aliphatic rings. The van der Waals surface area contributed by atoms with Crippen molar-refractivity contribution in [2.24, 2.45) is 33.7 Å². The van der Waals surface area contributed by atoms with E-state index in [1.807, 2.05) is 0 Å². The van der Waals surface area contributed by atoms with Gasteiger partial charge in [0.15, 0.2) is 5.96 Å². The molecule has 5 amide bonds. The topological polar surface area (TPSA) is 429 Å². The lowest BCUT2D eigenvalue weighted by molar-refractivity contribution is -0.144. The highest BCUT2D eigenvalue weighted by molar-refractivity contribution is 5.96. The molecule has 0 aromatic carbocycles. The fourth-order valence-electron chi connectivity index (χ4n) is 5.43. The predicted molar refractivity (Wildman–Crippen MR) is 207 cm³/mol. The number of guanidine groups is 1. The van der Waals surface area contributed by atoms with Crippen LogP contribution in [0.2, 0.25) is 0 Å². The number of hydrogen-bond acceptors (Lipinski definition) is 13. The van der Waals surface area contributed by atoms with E-state index in [2.05, 4.69) is 41.5 Å². The molecule has 58 heavy (non-hydrogen) atoms. The molecule has 0 unspecified atom stereocenters. The number of H-pyrrole nitrogens is 1. The van der Waals surface area contributed by atoms with Crippen LogP contribution in [0.1, 0.15) is 82.7 Å². The number of aromatic nitrogens is 2. The number of carbonyl (C=O) groups is 8. The number of nitrogens with two attached hydrogens (primary N) is 5. The molecule has 0 radical (unpaired) electrons. The third-order valence-electron chi connectivity index (χ3n) is 8.62. The summed E-state index contributed by atoms with van der Waals surface area (Å²) >= 11 is 0. The van der Waals surface area contributed by atoms with Crippen molar-refractivity contribution in [3.05, 3.63) is 18.2 Å². The second kappa shape index (κ2) is 27.7. The van der Waals surface area contributed by atoms with Crippen LogP contribution in [0.4, 0.5) is 0 Å². The Labute approximate surface area is 334 Å². The number of aromatic amines is 1. The van der Waals surface area contributed by atoms with Crippen LogP contribution < -0.4 is 55.3 Å². The number of nitrogens with one attached hydrogen (secondary N) is 6. The molecule has 0 aliphatic heterocycles. The van der Waals surface area contributed by atoms with E-state index in [-0.39, 0.29) is 38.2 Å². The van der Waals surface area contributed by atoms with Crippen molar-refractivity contribution in [1.29, 1.82) is 0 Å². The van der Waals surface area contributed by atoms with Gasteiger partial charge in [-0.3, -0.25) is 38.6 Å². The Morgan fingerprint density at radius 2 is 1.07 bits per heavy atom. The van der Waals surface area contributed by atoms with Crippen molar-refractivity contribution >= 4 is 53.4 Å². The molecule has 24 heteroatoms. The van der Waals surface area contributed by atoms with Gasteiger partial charge in [-0.15, -0.1) is 0 Å². The highest BCUT2D eigenvalue weighted by Gasteiger charge is 2.33. The van der Waals surface area contributed by atoms with Gasteiger partial charge in [-0.05, 0) is 70.9 Å². The number of rotatable bonds is 31. The lowest BCUT2D eigenvalue weighted by Gasteiger charge is -2.27. The number of hydrogen-bond donors (Lipinski definition) is 14. The minimum Gasteiger partial charge on any atom is -0.481 e. The van der Waals surface area contributed by atoms with Crippen LogP contribution in [0.3, 0.4) is 0 Å². The summed E-state index contributed by atoms with van der Waals surface area (Å²) in [7, 11) is 0. The Balaban J connectivity index is 3.43. The largest absolute Gasteiger partial charge is 0.481 e. The maximum absolute atomic E-state index is 14.0. The zero-order valence-corrected chi connectivity index (χ0v) is 32.3. The molecule has 24 nitrogen and oxygen atoms in total. The number of carbonyl (C=O) groups excluding carboxylic acids is 5. The summed E-state index contributed by atoms with van der Waals surface area (Å²) in [5.41, 5.74) is 28.5. The first-order valence-corrected chi connectivity index (χ1v) is 18.9. The summed E-state index contributed by atoms with van der Waals surface area (Å²) in [4.78, 5) is 113. The summed E-state index contributed by atoms with van der Waals surface area (Å²) in [5.74, 6) is -8.84. The molecule has 0 spiro atoms. The number of nitrogens with zero attached hydrogens (tertiary/aromatic N) is 2. The average Bonchev–Trinajstić information content (AvgIpc) is 3.68. The van der Waals surface area contributed by atoms with Crippen molar-refractivity contribution in [2.45, 2.75) is 120 Å². The molecule has 1 aromatic heterocycles. The van der Waals surface area contributed by atoms with Gasteiger partial charge < -0.3 is 75.6 Å². The quantitative estimate of drug-likeness (QED) is 0.0192. The zero-order valence-electron chi connectivity index (χ0n) is 32.3. The Hall–Kier alpha value is -5.88. The van der Waals surface area contributed by atoms with Crippen LogP contribution in [0.25, 0.3) is 0 Å². The molecule has 1 aromatic rings. The fourth-order valence-corrected chi connectivity index (χ4v) is 5.43. The molecule has 0 saturated carbocycles. The van der Waals surface area contributed by atoms with Gasteiger partial charge in [0.2, 0.25) is 29.5 Å². The number of amides is 5. The lowest BCUT2D eigenvalue weighted by Crippen LogP contribution is -2.59. The predicted octanol–water partition coefficient (Wildman–Crippen LogP) is -4.17. The third kappa shape index (κ3) is 20.9. The van der Waals surface area contributed by atoms with Crippen molar-refractivity contribution in [2.75, 3.05) is 19.6 Å². The van der Waals surface area contributed by atoms with Crippen molar-refractivity contribution in [3.8, 4) is 0 Å². The number of carboxylic acid groups (broad SMARTS) is 3. The molecule has 6 atom stereocenters. The Bertz CT molecular complexity index is 1520. The Kier molecular flexibility index (Phi) is 23.9. The Morgan fingerprint density at radius 3 is 1.55 bits per heavy atom. The van der Waals surface area contributed by atoms with Crippen LogP contribution in [-0.2, 0) is 44.8 Å². The molecule has 0 fully saturated rings. The summed E-state index contributed by atoms with van der Waals surface area (Å²) in [5, 5.41) is 40.1. The molecular formula is C34H59N13O11. The smallest absolute Gasteiger partial charge is 0.326 e. The number of aliphatic imine (C=N–C) groups is 1. The molecule has 0 aliphatic carbocycles. The minimum absolute atomic E-state index is 0.00162. The van der Waals surface area contributed by atoms with Gasteiger partial charge in [-0.2, -0.15) is 0 Å². The fraction of sp³-hybridized carbons (Fsp3) is 0.647. The molecule has 326 valence electrons. The van der Waals surface area contributed by atoms with Gasteiger partial charge in [0.05, 0.1) is 12.4 Å². The van der Waals surface area contributed by atoms with E-state index < -0.39 is 109 Å². The second-order valence-electron chi connectivity index (χ2n) is 13.4. The number of imidazole rings is 1. The number of carboxylic acids is 3. The molecular weight excluding hydrogens is 766 g/mol. The highest BCUT2D eigenvalue weighted by atomic mass is 16.4. The van der Waals surface area contributed by atoms with Crippen LogP contribution >= 0.6 is 0 Å². The first-order valence-electron chi connectivity index (χ1n) is 18.9. The number of aliphatic carboxylic acids is 3. The third-order valence-corrected chi connectivity index (χ3v) is 8.62. The summed E-state index contributed by atoms with van der Waals surface area (Å²) in [6, 6.07) is -8.24. The maximum atomic E-state index is 14.0. The standard InChI is InChI=1S/C34H59N13O11/c35-13-3-1-6-20(37)28(52)43-21(7-2-4-14-36)30(54)47-25(16-19-17-40-18-42-19)32(56)44-22(8-5-15-41-34(38)39)29(53)45-23(9-11-26(48)49)31(55)46-24(33(57)58)10-12-27(50)51/h17-18,20-25H,1-16,35-37H2,(H,40,42)(H,43,52)(H,44,56)(H,45,53)(H,46,55)(H,47,54)(H,48,49)(H,50,51)(H,57,58)(H4,38,39,41)/t20-,21-,22-,23-,24-,25-/m0/s1. The van der Waals surface area contributed by atoms with E-state index in [4.69, 9.17) is 33.8 Å². The zero-order chi connectivity index (χ0) is 43.6. The highest BCUT2D eigenvalue weighted by Crippen LogP contribution is 2.09. The molecule has 1 rings (SSSR count). The van der Waals surface area contributed by atoms with E-state index in [1.165, 1.54) is 12.5 Å². The Morgan fingerprint density at radius 1 is 0.621 bits per heavy atom. The van der Waals surface area contributed by atoms with Gasteiger partial charge in [-0.1, -0.05) is 6.42 Å². The summed E-state index contributed by atoms with van der Waals surface area (Å²) < 4.78 is 0. The molecule has 0 saturated heterocycles. The van der Waals surface area contributed by atoms with Gasteiger partial charge in [-0.25, -0.2) is 9.78 Å². The van der Waals surface area contributed by atoms with Gasteiger partial charge in [0, 0.05) is 37.7 Å². The SMILES string of the molecule is NCCCC[C@H](NC(=O)[C@@H](N)CCCCN)C(=O)N[C@@H](Cc1cnc[nH]1)C(=O)N[C@@H](CCCN=C(N)N)C(=O)N[C@@H](CCC(=O)O)C(=O)N[C@@H](CCC(=O)O)C(=O)O. The second-order valence-corrected chi connectivity index (χ2v) is 13.4. The van der Waals surface area contributed by atoms with Crippen molar-refractivity contribution in [3.63, 3.8) is 0 Å². The first kappa shape index (κ1) is 50.1. The van der Waals surface area contributed by atoms with E-state index in [0.717, 1.165) is 0 Å². The number of unbranched alkanes of at least 4 members (excludes halogenated alkanes) is 2. The van der Waals surface area contributed by atoms with Crippen molar-refractivity contribution in [1.82, 2.24) is 36.6 Å². The van der Waals surface area contributed by atoms with E-state index in [0.29, 0.717) is 50.9 Å². The summed E-state index contributed by atoms with van der Waals surface area (Å²) in [6.07, 6.45) is 2.90. The monoisotopic (exact) mass is 825 g/mol. The van der Waals surface area contributed by atoms with Crippen molar-refractivity contribution < 1.29 is 53.7 Å². The van der Waals surface area contributed by atoms with Crippen LogP contribution in [0.15, 0.2) is 17.5 Å². The van der Waals surface area contributed by atoms with E-state index in [1.54, 1.807) is 0 Å². The van der Waals surface area contributed by atoms with Crippen LogP contribution in [0, 0.1) is 0 Å². The van der Waals surface area contributed by atoms with Crippen LogP contribution in [-0.4, -0.2) is 135 Å². The first-order chi connectivity index (χ1) is 27.5. The lowest BCUT2D eigenvalue weighted by atomic mass is 10.0. The molecule has 1 heterocycles. The van der Waals surface area contributed by atoms with E-state index in [9.17, 15) is 48.6 Å². The minimum atomic E-state index is -1.69. The normalized spacial score (nSPS) is 14.0.